The van der Waals surface area contributed by atoms with Crippen molar-refractivity contribution in [1.29, 1.82) is 0 Å². The molecule has 1 aliphatic heterocycles. The van der Waals surface area contributed by atoms with Gasteiger partial charge in [-0.1, -0.05) is 18.2 Å². The summed E-state index contributed by atoms with van der Waals surface area (Å²) in [5, 5.41) is 2.73. The fourth-order valence-electron chi connectivity index (χ4n) is 3.71. The highest BCUT2D eigenvalue weighted by molar-refractivity contribution is 6.03. The predicted molar refractivity (Wildman–Crippen MR) is 103 cm³/mol. The number of nitrogens with one attached hydrogen (secondary N) is 2. The van der Waals surface area contributed by atoms with E-state index < -0.39 is 5.60 Å². The fraction of sp³-hybridized carbons (Fsp3) is 0.238. The lowest BCUT2D eigenvalue weighted by Crippen LogP contribution is -2.29. The number of rotatable bonds is 3. The molecule has 0 fully saturated rings. The van der Waals surface area contributed by atoms with Gasteiger partial charge < -0.3 is 19.8 Å². The summed E-state index contributed by atoms with van der Waals surface area (Å²) in [4.78, 5) is 20.2. The van der Waals surface area contributed by atoms with Crippen LogP contribution in [0, 0.1) is 0 Å². The molecule has 3 aromatic rings. The summed E-state index contributed by atoms with van der Waals surface area (Å²) in [6.07, 6.45) is 3.41. The number of fused-ring (bicyclic) bond motifs is 3. The zero-order valence-corrected chi connectivity index (χ0v) is 15.7. The average Bonchev–Trinajstić information content (AvgIpc) is 3.09. The van der Waals surface area contributed by atoms with Crippen molar-refractivity contribution in [3.8, 4) is 33.9 Å². The SMILES string of the molecule is CNC(=O)c1[nH]c2c(c1-c1ccccc1OC)C(C)(C)Oc1cnccc1-2. The third kappa shape index (κ3) is 2.56. The van der Waals surface area contributed by atoms with Gasteiger partial charge in [0.25, 0.3) is 5.91 Å². The van der Waals surface area contributed by atoms with Gasteiger partial charge in [0, 0.05) is 35.5 Å². The van der Waals surface area contributed by atoms with Crippen LogP contribution < -0.4 is 14.8 Å². The second-order valence-corrected chi connectivity index (χ2v) is 6.89. The van der Waals surface area contributed by atoms with Crippen LogP contribution in [0.2, 0.25) is 0 Å². The van der Waals surface area contributed by atoms with Crippen LogP contribution >= 0.6 is 0 Å². The monoisotopic (exact) mass is 363 g/mol. The summed E-state index contributed by atoms with van der Waals surface area (Å²) >= 11 is 0. The van der Waals surface area contributed by atoms with Gasteiger partial charge in [-0.15, -0.1) is 0 Å². The number of methoxy groups -OCH3 is 1. The molecule has 4 rings (SSSR count). The minimum absolute atomic E-state index is 0.197. The Hall–Kier alpha value is -3.28. The normalized spacial score (nSPS) is 13.9. The van der Waals surface area contributed by atoms with E-state index in [-0.39, 0.29) is 5.91 Å². The molecule has 1 aromatic carbocycles. The molecule has 0 atom stereocenters. The first-order valence-electron chi connectivity index (χ1n) is 8.73. The summed E-state index contributed by atoms with van der Waals surface area (Å²) in [6.45, 7) is 3.98. The van der Waals surface area contributed by atoms with E-state index in [1.54, 1.807) is 26.6 Å². The fourth-order valence-corrected chi connectivity index (χ4v) is 3.71. The van der Waals surface area contributed by atoms with Gasteiger partial charge in [-0.3, -0.25) is 9.78 Å². The van der Waals surface area contributed by atoms with Crippen molar-refractivity contribution < 1.29 is 14.3 Å². The number of carbonyl (C=O) groups is 1. The van der Waals surface area contributed by atoms with E-state index >= 15 is 0 Å². The first kappa shape index (κ1) is 17.1. The van der Waals surface area contributed by atoms with E-state index in [1.165, 1.54) is 0 Å². The summed E-state index contributed by atoms with van der Waals surface area (Å²) < 4.78 is 11.8. The Bertz CT molecular complexity index is 1040. The maximum absolute atomic E-state index is 12.7. The molecule has 0 spiro atoms. The molecule has 0 aliphatic carbocycles. The van der Waals surface area contributed by atoms with Gasteiger partial charge in [0.1, 0.15) is 22.8 Å². The van der Waals surface area contributed by atoms with Gasteiger partial charge in [0.2, 0.25) is 0 Å². The lowest BCUT2D eigenvalue weighted by Gasteiger charge is -2.33. The quantitative estimate of drug-likeness (QED) is 0.743. The second kappa shape index (κ2) is 6.16. The highest BCUT2D eigenvalue weighted by Crippen LogP contribution is 2.50. The largest absolute Gasteiger partial charge is 0.496 e. The van der Waals surface area contributed by atoms with Gasteiger partial charge in [0.05, 0.1) is 19.0 Å². The smallest absolute Gasteiger partial charge is 0.268 e. The number of aromatic nitrogens is 2. The number of H-pyrrole nitrogens is 1. The Balaban J connectivity index is 2.11. The van der Waals surface area contributed by atoms with Crippen LogP contribution in [0.3, 0.4) is 0 Å². The highest BCUT2D eigenvalue weighted by atomic mass is 16.5. The molecule has 27 heavy (non-hydrogen) atoms. The Morgan fingerprint density at radius 1 is 1.22 bits per heavy atom. The number of hydrogen-bond donors (Lipinski definition) is 2. The number of para-hydroxylation sites is 1. The van der Waals surface area contributed by atoms with Gasteiger partial charge in [-0.2, -0.15) is 0 Å². The number of amides is 1. The Labute approximate surface area is 157 Å². The van der Waals surface area contributed by atoms with Crippen LogP contribution in [0.25, 0.3) is 22.4 Å². The molecule has 3 heterocycles. The van der Waals surface area contributed by atoms with Crippen LogP contribution in [-0.2, 0) is 5.60 Å². The molecular formula is C21H21N3O3. The third-order valence-corrected chi connectivity index (χ3v) is 4.85. The zero-order chi connectivity index (χ0) is 19.2. The third-order valence-electron chi connectivity index (χ3n) is 4.85. The van der Waals surface area contributed by atoms with Crippen LogP contribution in [-0.4, -0.2) is 30.0 Å². The number of ether oxygens (including phenoxy) is 2. The van der Waals surface area contributed by atoms with Crippen LogP contribution in [0.15, 0.2) is 42.7 Å². The van der Waals surface area contributed by atoms with Crippen molar-refractivity contribution in [3.05, 3.63) is 54.0 Å². The summed E-state index contributed by atoms with van der Waals surface area (Å²) in [5.41, 5.74) is 4.11. The van der Waals surface area contributed by atoms with Crippen LogP contribution in [0.1, 0.15) is 29.9 Å². The first-order chi connectivity index (χ1) is 13.0. The number of carbonyl (C=O) groups excluding carboxylic acids is 1. The van der Waals surface area contributed by atoms with E-state index in [0.717, 1.165) is 27.9 Å². The molecule has 6 heteroatoms. The molecule has 2 aromatic heterocycles. The maximum atomic E-state index is 12.7. The van der Waals surface area contributed by atoms with Gasteiger partial charge in [-0.25, -0.2) is 0 Å². The van der Waals surface area contributed by atoms with Crippen molar-refractivity contribution in [2.24, 2.45) is 0 Å². The Morgan fingerprint density at radius 3 is 2.74 bits per heavy atom. The Morgan fingerprint density at radius 2 is 2.00 bits per heavy atom. The minimum atomic E-state index is -0.662. The van der Waals surface area contributed by atoms with Crippen molar-refractivity contribution in [3.63, 3.8) is 0 Å². The topological polar surface area (TPSA) is 76.2 Å². The average molecular weight is 363 g/mol. The second-order valence-electron chi connectivity index (χ2n) is 6.89. The van der Waals surface area contributed by atoms with Crippen LogP contribution in [0.4, 0.5) is 0 Å². The van der Waals surface area contributed by atoms with E-state index in [2.05, 4.69) is 15.3 Å². The van der Waals surface area contributed by atoms with Crippen molar-refractivity contribution >= 4 is 5.91 Å². The lowest BCUT2D eigenvalue weighted by molar-refractivity contribution is 0.0959. The molecule has 2 N–H and O–H groups in total. The lowest BCUT2D eigenvalue weighted by atomic mass is 9.85. The molecule has 1 aliphatic rings. The van der Waals surface area contributed by atoms with Crippen molar-refractivity contribution in [1.82, 2.24) is 15.3 Å². The molecule has 0 saturated heterocycles. The zero-order valence-electron chi connectivity index (χ0n) is 15.7. The number of hydrogen-bond acceptors (Lipinski definition) is 4. The molecule has 0 saturated carbocycles. The van der Waals surface area contributed by atoms with E-state index in [9.17, 15) is 4.79 Å². The van der Waals surface area contributed by atoms with E-state index in [1.807, 2.05) is 44.2 Å². The summed E-state index contributed by atoms with van der Waals surface area (Å²) in [7, 11) is 3.24. The standard InChI is InChI=1S/C21H21N3O3/c1-21(2)17-16(12-7-5-6-8-14(12)26-4)19(20(25)22-3)24-18(17)13-9-10-23-11-15(13)27-21/h5-11,24H,1-4H3,(H,22,25). The number of pyridine rings is 1. The Kier molecular flexibility index (Phi) is 3.91. The molecular weight excluding hydrogens is 342 g/mol. The minimum Gasteiger partial charge on any atom is -0.496 e. The first-order valence-corrected chi connectivity index (χ1v) is 8.73. The van der Waals surface area contributed by atoms with Gasteiger partial charge in [0.15, 0.2) is 0 Å². The number of aromatic amines is 1. The number of nitrogens with zero attached hydrogens (tertiary/aromatic N) is 1. The molecule has 1 amide bonds. The summed E-state index contributed by atoms with van der Waals surface area (Å²) in [6, 6.07) is 9.56. The van der Waals surface area contributed by atoms with Crippen molar-refractivity contribution in [2.45, 2.75) is 19.4 Å². The summed E-state index contributed by atoms with van der Waals surface area (Å²) in [5.74, 6) is 1.18. The maximum Gasteiger partial charge on any atom is 0.268 e. The molecule has 6 nitrogen and oxygen atoms in total. The van der Waals surface area contributed by atoms with Gasteiger partial charge in [-0.05, 0) is 26.0 Å². The molecule has 0 radical (unpaired) electrons. The van der Waals surface area contributed by atoms with Gasteiger partial charge >= 0.3 is 0 Å². The predicted octanol–water partition coefficient (Wildman–Crippen LogP) is 3.74. The highest BCUT2D eigenvalue weighted by Gasteiger charge is 2.40. The van der Waals surface area contributed by atoms with Crippen molar-refractivity contribution in [2.75, 3.05) is 14.2 Å². The molecule has 0 unspecified atom stereocenters. The molecule has 0 bridgehead atoms. The number of benzene rings is 1. The molecule has 138 valence electrons. The van der Waals surface area contributed by atoms with E-state index in [4.69, 9.17) is 9.47 Å². The van der Waals surface area contributed by atoms with E-state index in [0.29, 0.717) is 17.2 Å². The van der Waals surface area contributed by atoms with Crippen LogP contribution in [0.5, 0.6) is 11.5 Å².